The molecule has 6 heteroatoms. The maximum absolute atomic E-state index is 11.6. The minimum absolute atomic E-state index is 0.0406. The van der Waals surface area contributed by atoms with Crippen molar-refractivity contribution in [3.8, 4) is 0 Å². The molecule has 0 aromatic rings. The van der Waals surface area contributed by atoms with Gasteiger partial charge in [0.25, 0.3) is 0 Å². The van der Waals surface area contributed by atoms with Crippen LogP contribution in [0.4, 0.5) is 4.79 Å². The zero-order valence-corrected chi connectivity index (χ0v) is 8.94. The van der Waals surface area contributed by atoms with E-state index in [1.807, 2.05) is 0 Å². The summed E-state index contributed by atoms with van der Waals surface area (Å²) in [4.78, 5) is 22.3. The van der Waals surface area contributed by atoms with Crippen LogP contribution >= 0.6 is 0 Å². The Balaban J connectivity index is 2.54. The topological polar surface area (TPSA) is 71.1 Å². The first-order chi connectivity index (χ1) is 6.98. The molecule has 0 aromatic heterocycles. The average Bonchev–Trinajstić information content (AvgIpc) is 2.22. The second-order valence-electron chi connectivity index (χ2n) is 3.60. The number of hydrogen-bond acceptors (Lipinski definition) is 6. The van der Waals surface area contributed by atoms with E-state index in [2.05, 4.69) is 9.47 Å². The van der Waals surface area contributed by atoms with E-state index in [1.165, 1.54) is 7.11 Å². The van der Waals surface area contributed by atoms with Gasteiger partial charge >= 0.3 is 12.1 Å². The summed E-state index contributed by atoms with van der Waals surface area (Å²) >= 11 is 0. The molecule has 1 fully saturated rings. The van der Waals surface area contributed by atoms with Gasteiger partial charge in [0.15, 0.2) is 6.29 Å². The number of cyclic esters (lactones) is 2. The third-order valence-electron chi connectivity index (χ3n) is 2.11. The van der Waals surface area contributed by atoms with E-state index in [9.17, 15) is 9.59 Å². The minimum Gasteiger partial charge on any atom is -0.435 e. The van der Waals surface area contributed by atoms with Gasteiger partial charge in [-0.25, -0.2) is 4.79 Å². The van der Waals surface area contributed by atoms with Crippen LogP contribution in [0.2, 0.25) is 0 Å². The number of rotatable bonds is 3. The number of carbonyl (C=O) groups excluding carboxylic acids is 2. The number of carbonyl (C=O) groups is 2. The first kappa shape index (κ1) is 11.8. The molecule has 0 aromatic carbocycles. The quantitative estimate of drug-likeness (QED) is 0.512. The maximum atomic E-state index is 11.6. The Labute approximate surface area is 87.4 Å². The molecule has 1 aliphatic rings. The van der Waals surface area contributed by atoms with Crippen LogP contribution in [0.3, 0.4) is 0 Å². The molecular weight excluding hydrogens is 204 g/mol. The lowest BCUT2D eigenvalue weighted by atomic mass is 9.93. The molecule has 1 saturated heterocycles. The van der Waals surface area contributed by atoms with Crippen LogP contribution in [0.1, 0.15) is 13.8 Å². The van der Waals surface area contributed by atoms with E-state index in [4.69, 9.17) is 9.47 Å². The fourth-order valence-electron chi connectivity index (χ4n) is 0.979. The Morgan fingerprint density at radius 1 is 1.47 bits per heavy atom. The van der Waals surface area contributed by atoms with Gasteiger partial charge in [-0.3, -0.25) is 4.79 Å². The standard InChI is InChI=1S/C9H14O6/c1-6(12-3)15-7(10)9(2)4-13-8(11)14-5-9/h6H,4-5H2,1-3H3. The van der Waals surface area contributed by atoms with Crippen molar-refractivity contribution in [3.05, 3.63) is 0 Å². The Morgan fingerprint density at radius 3 is 2.47 bits per heavy atom. The van der Waals surface area contributed by atoms with Crippen molar-refractivity contribution in [2.75, 3.05) is 20.3 Å². The molecule has 15 heavy (non-hydrogen) atoms. The van der Waals surface area contributed by atoms with Gasteiger partial charge in [0, 0.05) is 7.11 Å². The summed E-state index contributed by atoms with van der Waals surface area (Å²) < 4.78 is 19.0. The van der Waals surface area contributed by atoms with Crippen LogP contribution in [0.5, 0.6) is 0 Å². The molecule has 1 rings (SSSR count). The molecular formula is C9H14O6. The van der Waals surface area contributed by atoms with Gasteiger partial charge in [0.1, 0.15) is 18.6 Å². The van der Waals surface area contributed by atoms with Crippen molar-refractivity contribution in [1.29, 1.82) is 0 Å². The van der Waals surface area contributed by atoms with Gasteiger partial charge < -0.3 is 18.9 Å². The van der Waals surface area contributed by atoms with Crippen molar-refractivity contribution >= 4 is 12.1 Å². The number of hydrogen-bond donors (Lipinski definition) is 0. The highest BCUT2D eigenvalue weighted by atomic mass is 16.7. The van der Waals surface area contributed by atoms with E-state index in [1.54, 1.807) is 13.8 Å². The molecule has 1 aliphatic heterocycles. The largest absolute Gasteiger partial charge is 0.508 e. The third-order valence-corrected chi connectivity index (χ3v) is 2.11. The SMILES string of the molecule is COC(C)OC(=O)C1(C)COC(=O)OC1. The number of methoxy groups -OCH3 is 1. The second kappa shape index (κ2) is 4.48. The fourth-order valence-corrected chi connectivity index (χ4v) is 0.979. The van der Waals surface area contributed by atoms with E-state index < -0.39 is 23.8 Å². The summed E-state index contributed by atoms with van der Waals surface area (Å²) in [5.74, 6) is -0.510. The minimum atomic E-state index is -0.958. The van der Waals surface area contributed by atoms with Gasteiger partial charge in [-0.2, -0.15) is 0 Å². The predicted octanol–water partition coefficient (Wildman–Crippen LogP) is 0.695. The third kappa shape index (κ3) is 2.82. The van der Waals surface area contributed by atoms with E-state index in [0.717, 1.165) is 0 Å². The van der Waals surface area contributed by atoms with Crippen molar-refractivity contribution in [2.24, 2.45) is 5.41 Å². The molecule has 6 nitrogen and oxygen atoms in total. The highest BCUT2D eigenvalue weighted by molar-refractivity contribution is 5.78. The Morgan fingerprint density at radius 2 is 2.00 bits per heavy atom. The molecule has 1 heterocycles. The smallest absolute Gasteiger partial charge is 0.435 e. The summed E-state index contributed by atoms with van der Waals surface area (Å²) in [5.41, 5.74) is -0.958. The van der Waals surface area contributed by atoms with Gasteiger partial charge in [0.05, 0.1) is 0 Å². The van der Waals surface area contributed by atoms with Crippen LogP contribution in [0.25, 0.3) is 0 Å². The number of esters is 1. The summed E-state index contributed by atoms with van der Waals surface area (Å²) in [6.07, 6.45) is -1.40. The molecule has 1 unspecified atom stereocenters. The highest BCUT2D eigenvalue weighted by Crippen LogP contribution is 2.24. The van der Waals surface area contributed by atoms with E-state index in [0.29, 0.717) is 0 Å². The zero-order valence-electron chi connectivity index (χ0n) is 8.94. The molecule has 0 N–H and O–H groups in total. The molecule has 0 radical (unpaired) electrons. The molecule has 1 atom stereocenters. The molecule has 0 aliphatic carbocycles. The first-order valence-corrected chi connectivity index (χ1v) is 4.51. The molecule has 0 spiro atoms. The van der Waals surface area contributed by atoms with Crippen molar-refractivity contribution < 1.29 is 28.5 Å². The summed E-state index contributed by atoms with van der Waals surface area (Å²) in [7, 11) is 1.43. The molecule has 0 bridgehead atoms. The predicted molar refractivity (Wildman–Crippen MR) is 48.0 cm³/mol. The van der Waals surface area contributed by atoms with Crippen LogP contribution in [0, 0.1) is 5.41 Å². The van der Waals surface area contributed by atoms with Crippen LogP contribution in [0.15, 0.2) is 0 Å². The molecule has 0 saturated carbocycles. The molecule has 86 valence electrons. The van der Waals surface area contributed by atoms with Crippen molar-refractivity contribution in [2.45, 2.75) is 20.1 Å². The summed E-state index contributed by atoms with van der Waals surface area (Å²) in [5, 5.41) is 0. The Kier molecular flexibility index (Phi) is 3.52. The van der Waals surface area contributed by atoms with E-state index >= 15 is 0 Å². The summed E-state index contributed by atoms with van der Waals surface area (Å²) in [6.45, 7) is 3.11. The fraction of sp³-hybridized carbons (Fsp3) is 0.778. The summed E-state index contributed by atoms with van der Waals surface area (Å²) in [6, 6.07) is 0. The lowest BCUT2D eigenvalue weighted by Crippen LogP contribution is -2.45. The maximum Gasteiger partial charge on any atom is 0.508 e. The van der Waals surface area contributed by atoms with Gasteiger partial charge in [-0.05, 0) is 13.8 Å². The van der Waals surface area contributed by atoms with Crippen molar-refractivity contribution in [3.63, 3.8) is 0 Å². The lowest BCUT2D eigenvalue weighted by Gasteiger charge is -2.30. The Bertz CT molecular complexity index is 251. The van der Waals surface area contributed by atoms with Crippen LogP contribution in [-0.4, -0.2) is 38.7 Å². The first-order valence-electron chi connectivity index (χ1n) is 4.51. The van der Waals surface area contributed by atoms with Gasteiger partial charge in [0.2, 0.25) is 0 Å². The van der Waals surface area contributed by atoms with Gasteiger partial charge in [-0.1, -0.05) is 0 Å². The average molecular weight is 218 g/mol. The normalized spacial score (nSPS) is 21.1. The zero-order chi connectivity index (χ0) is 11.5. The highest BCUT2D eigenvalue weighted by Gasteiger charge is 2.42. The monoisotopic (exact) mass is 218 g/mol. The van der Waals surface area contributed by atoms with E-state index in [-0.39, 0.29) is 13.2 Å². The van der Waals surface area contributed by atoms with Gasteiger partial charge in [-0.15, -0.1) is 0 Å². The lowest BCUT2D eigenvalue weighted by molar-refractivity contribution is -0.190. The number of ether oxygens (including phenoxy) is 4. The van der Waals surface area contributed by atoms with Crippen LogP contribution < -0.4 is 0 Å². The Hall–Kier alpha value is -1.30. The van der Waals surface area contributed by atoms with Crippen molar-refractivity contribution in [1.82, 2.24) is 0 Å². The molecule has 0 amide bonds. The van der Waals surface area contributed by atoms with Crippen LogP contribution in [-0.2, 0) is 23.7 Å². The second-order valence-corrected chi connectivity index (χ2v) is 3.60.